The number of nitrogens with zero attached hydrogens (tertiary/aromatic N) is 1. The van der Waals surface area contributed by atoms with Gasteiger partial charge in [-0.3, -0.25) is 0 Å². The Morgan fingerprint density at radius 1 is 0.862 bits per heavy atom. The Morgan fingerprint density at radius 3 is 2.41 bits per heavy atom. The number of pyridine rings is 1. The molecule has 0 amide bonds. The van der Waals surface area contributed by atoms with E-state index in [1.165, 1.54) is 90.2 Å². The van der Waals surface area contributed by atoms with Crippen molar-refractivity contribution in [2.45, 2.75) is 72.1 Å². The summed E-state index contributed by atoms with van der Waals surface area (Å²) in [4.78, 5) is 0. The number of aryl methyl sites for hydroxylation is 4. The molecule has 0 saturated heterocycles. The van der Waals surface area contributed by atoms with E-state index in [-0.39, 0.29) is 0 Å². The van der Waals surface area contributed by atoms with Crippen molar-refractivity contribution in [3.05, 3.63) is 64.2 Å². The van der Waals surface area contributed by atoms with Gasteiger partial charge < -0.3 is 0 Å². The number of benzene rings is 2. The molecular formula is C28H34N+. The van der Waals surface area contributed by atoms with Gasteiger partial charge in [0.2, 0.25) is 11.2 Å². The normalized spacial score (nSPS) is 18.2. The van der Waals surface area contributed by atoms with Crippen LogP contribution in [0.3, 0.4) is 0 Å². The minimum absolute atomic E-state index is 0.544. The first kappa shape index (κ1) is 18.9. The number of hydrogen-bond acceptors (Lipinski definition) is 0. The fourth-order valence-electron chi connectivity index (χ4n) is 6.34. The molecule has 0 radical (unpaired) electrons. The predicted octanol–water partition coefficient (Wildman–Crippen LogP) is 6.70. The first-order valence-corrected chi connectivity index (χ1v) is 11.5. The lowest BCUT2D eigenvalue weighted by molar-refractivity contribution is -0.634. The molecule has 5 rings (SSSR count). The van der Waals surface area contributed by atoms with Crippen molar-refractivity contribution >= 4 is 10.9 Å². The minimum atomic E-state index is 0.544. The molecule has 0 unspecified atom stereocenters. The summed E-state index contributed by atoms with van der Waals surface area (Å²) in [5.41, 5.74) is 12.3. The number of hydrogen-bond donors (Lipinski definition) is 0. The van der Waals surface area contributed by atoms with E-state index in [9.17, 15) is 0 Å². The van der Waals surface area contributed by atoms with Crippen LogP contribution in [0.4, 0.5) is 0 Å². The molecule has 2 aliphatic rings. The second-order valence-corrected chi connectivity index (χ2v) is 9.87. The molecule has 1 heteroatoms. The molecule has 0 aliphatic heterocycles. The van der Waals surface area contributed by atoms with Crippen LogP contribution in [0.5, 0.6) is 0 Å². The van der Waals surface area contributed by atoms with E-state index >= 15 is 0 Å². The Morgan fingerprint density at radius 2 is 1.62 bits per heavy atom. The number of rotatable bonds is 1. The molecule has 3 aromatic rings. The molecule has 2 aromatic carbocycles. The average molecular weight is 385 g/mol. The molecule has 1 aromatic heterocycles. The van der Waals surface area contributed by atoms with Crippen molar-refractivity contribution in [1.29, 1.82) is 0 Å². The third kappa shape index (κ3) is 3.01. The Balaban J connectivity index is 1.82. The summed E-state index contributed by atoms with van der Waals surface area (Å²) >= 11 is 0. The second-order valence-electron chi connectivity index (χ2n) is 9.87. The summed E-state index contributed by atoms with van der Waals surface area (Å²) < 4.78 is 2.50. The molecule has 1 heterocycles. The predicted molar refractivity (Wildman–Crippen MR) is 122 cm³/mol. The second kappa shape index (κ2) is 6.97. The van der Waals surface area contributed by atoms with Crippen LogP contribution in [0.1, 0.15) is 66.3 Å². The SMILES string of the molecule is Cc1cc(C)c(C)c(-c2c3c(c4ccccc4[n+]2C)CCC2(CCCCC2)C3)c1. The zero-order valence-corrected chi connectivity index (χ0v) is 18.6. The maximum absolute atomic E-state index is 2.50. The average Bonchev–Trinajstić information content (AvgIpc) is 2.72. The maximum Gasteiger partial charge on any atom is 0.216 e. The van der Waals surface area contributed by atoms with Gasteiger partial charge in [0.05, 0.1) is 0 Å². The summed E-state index contributed by atoms with van der Waals surface area (Å²) in [5.74, 6) is 0. The standard InChI is InChI=1S/C28H34N/c1-19-16-20(2)21(3)24(17-19)27-25-18-28(13-8-5-9-14-28)15-12-22(25)23-10-6-7-11-26(23)29(27)4/h6-7,10-11,16-17H,5,8-9,12-15,18H2,1-4H3/q+1. The van der Waals surface area contributed by atoms with E-state index in [0.717, 1.165) is 0 Å². The van der Waals surface area contributed by atoms with Gasteiger partial charge in [-0.2, -0.15) is 4.57 Å². The zero-order chi connectivity index (χ0) is 20.2. The molecule has 1 saturated carbocycles. The molecule has 1 fully saturated rings. The van der Waals surface area contributed by atoms with Gasteiger partial charge >= 0.3 is 0 Å². The lowest BCUT2D eigenvalue weighted by Gasteiger charge is -2.41. The van der Waals surface area contributed by atoms with Crippen molar-refractivity contribution < 1.29 is 4.57 Å². The van der Waals surface area contributed by atoms with Crippen molar-refractivity contribution in [3.63, 3.8) is 0 Å². The van der Waals surface area contributed by atoms with E-state index in [0.29, 0.717) is 5.41 Å². The molecule has 0 N–H and O–H groups in total. The summed E-state index contributed by atoms with van der Waals surface area (Å²) in [5, 5.41) is 1.47. The van der Waals surface area contributed by atoms with E-state index in [1.807, 2.05) is 0 Å². The highest BCUT2D eigenvalue weighted by Gasteiger charge is 2.40. The van der Waals surface area contributed by atoms with Gasteiger partial charge in [-0.15, -0.1) is 0 Å². The van der Waals surface area contributed by atoms with Gasteiger partial charge in [0, 0.05) is 22.6 Å². The number of para-hydroxylation sites is 1. The zero-order valence-electron chi connectivity index (χ0n) is 18.6. The third-order valence-corrected chi connectivity index (χ3v) is 8.01. The third-order valence-electron chi connectivity index (χ3n) is 8.01. The van der Waals surface area contributed by atoms with Crippen LogP contribution in [0.15, 0.2) is 36.4 Å². The van der Waals surface area contributed by atoms with Gasteiger partial charge in [0.1, 0.15) is 7.05 Å². The highest BCUT2D eigenvalue weighted by Crippen LogP contribution is 2.49. The molecule has 0 atom stereocenters. The van der Waals surface area contributed by atoms with E-state index in [1.54, 1.807) is 11.1 Å². The summed E-state index contributed by atoms with van der Waals surface area (Å²) in [6.45, 7) is 6.82. The van der Waals surface area contributed by atoms with Crippen molar-refractivity contribution in [1.82, 2.24) is 0 Å². The smallest absolute Gasteiger partial charge is 0.194 e. The van der Waals surface area contributed by atoms with Crippen molar-refractivity contribution in [2.75, 3.05) is 0 Å². The van der Waals surface area contributed by atoms with Gasteiger partial charge in [-0.25, -0.2) is 0 Å². The number of aromatic nitrogens is 1. The summed E-state index contributed by atoms with van der Waals surface area (Å²) in [6, 6.07) is 13.8. The Labute approximate surface area is 175 Å². The van der Waals surface area contributed by atoms with Gasteiger partial charge in [0.25, 0.3) is 0 Å². The van der Waals surface area contributed by atoms with Crippen LogP contribution in [-0.2, 0) is 19.9 Å². The molecule has 150 valence electrons. The lowest BCUT2D eigenvalue weighted by atomic mass is 9.63. The monoisotopic (exact) mass is 384 g/mol. The number of fused-ring (bicyclic) bond motifs is 3. The molecule has 29 heavy (non-hydrogen) atoms. The van der Waals surface area contributed by atoms with Crippen LogP contribution in [0.25, 0.3) is 22.2 Å². The minimum Gasteiger partial charge on any atom is -0.194 e. The van der Waals surface area contributed by atoms with Crippen molar-refractivity contribution in [3.8, 4) is 11.3 Å². The Bertz CT molecular complexity index is 1100. The summed E-state index contributed by atoms with van der Waals surface area (Å²) in [6.07, 6.45) is 11.0. The topological polar surface area (TPSA) is 3.88 Å². The van der Waals surface area contributed by atoms with Crippen LogP contribution < -0.4 is 4.57 Å². The highest BCUT2D eigenvalue weighted by atomic mass is 14.9. The lowest BCUT2D eigenvalue weighted by Crippen LogP contribution is -2.39. The fraction of sp³-hybridized carbons (Fsp3) is 0.464. The van der Waals surface area contributed by atoms with Gasteiger partial charge in [0.15, 0.2) is 0 Å². The molecule has 1 nitrogen and oxygen atoms in total. The fourth-order valence-corrected chi connectivity index (χ4v) is 6.34. The maximum atomic E-state index is 2.50. The summed E-state index contributed by atoms with van der Waals surface area (Å²) in [7, 11) is 2.29. The first-order valence-electron chi connectivity index (χ1n) is 11.5. The van der Waals surface area contributed by atoms with Crippen molar-refractivity contribution in [2.24, 2.45) is 12.5 Å². The van der Waals surface area contributed by atoms with E-state index in [4.69, 9.17) is 0 Å². The van der Waals surface area contributed by atoms with Crippen LogP contribution in [0.2, 0.25) is 0 Å². The molecule has 1 spiro atoms. The van der Waals surface area contributed by atoms with Crippen LogP contribution >= 0.6 is 0 Å². The molecule has 2 aliphatic carbocycles. The van der Waals surface area contributed by atoms with E-state index in [2.05, 4.69) is 68.8 Å². The Kier molecular flexibility index (Phi) is 4.53. The van der Waals surface area contributed by atoms with Crippen LogP contribution in [0, 0.1) is 26.2 Å². The van der Waals surface area contributed by atoms with E-state index < -0.39 is 0 Å². The first-order chi connectivity index (χ1) is 14.0. The van der Waals surface area contributed by atoms with Gasteiger partial charge in [-0.1, -0.05) is 43.0 Å². The quantitative estimate of drug-likeness (QED) is 0.411. The van der Waals surface area contributed by atoms with Crippen LogP contribution in [-0.4, -0.2) is 0 Å². The Hall–Kier alpha value is -2.15. The highest BCUT2D eigenvalue weighted by molar-refractivity contribution is 5.84. The molecule has 0 bridgehead atoms. The largest absolute Gasteiger partial charge is 0.216 e. The molecular weight excluding hydrogens is 350 g/mol. The van der Waals surface area contributed by atoms with Gasteiger partial charge in [-0.05, 0) is 87.1 Å².